The zero-order chi connectivity index (χ0) is 11.0. The quantitative estimate of drug-likeness (QED) is 0.836. The highest BCUT2D eigenvalue weighted by atomic mass is 15.0. The Balaban J connectivity index is 2.13. The van der Waals surface area contributed by atoms with E-state index in [-0.39, 0.29) is 0 Å². The van der Waals surface area contributed by atoms with E-state index in [9.17, 15) is 0 Å². The van der Waals surface area contributed by atoms with E-state index in [0.29, 0.717) is 0 Å². The van der Waals surface area contributed by atoms with Crippen LogP contribution in [-0.4, -0.2) is 11.1 Å². The largest absolute Gasteiger partial charge is 0.344 e. The second-order valence-electron chi connectivity index (χ2n) is 4.70. The van der Waals surface area contributed by atoms with Crippen LogP contribution in [0.2, 0.25) is 0 Å². The van der Waals surface area contributed by atoms with Gasteiger partial charge in [-0.2, -0.15) is 0 Å². The summed E-state index contributed by atoms with van der Waals surface area (Å²) in [5.74, 6) is 0. The number of nitrogens with two attached hydrogens (primary N) is 1. The summed E-state index contributed by atoms with van der Waals surface area (Å²) >= 11 is 0. The van der Waals surface area contributed by atoms with Crippen LogP contribution in [0.3, 0.4) is 0 Å². The van der Waals surface area contributed by atoms with E-state index in [1.54, 1.807) is 0 Å². The van der Waals surface area contributed by atoms with E-state index in [4.69, 9.17) is 5.73 Å². The number of aromatic nitrogens is 1. The minimum absolute atomic E-state index is 0.731. The van der Waals surface area contributed by atoms with Crippen molar-refractivity contribution < 1.29 is 0 Å². The van der Waals surface area contributed by atoms with Crippen molar-refractivity contribution in [1.82, 2.24) is 4.57 Å². The third kappa shape index (κ3) is 1.45. The zero-order valence-corrected chi connectivity index (χ0v) is 9.52. The summed E-state index contributed by atoms with van der Waals surface area (Å²) in [6, 6.07) is 9.51. The van der Waals surface area contributed by atoms with Gasteiger partial charge in [0.2, 0.25) is 0 Å². The van der Waals surface area contributed by atoms with Crippen LogP contribution in [-0.2, 0) is 6.42 Å². The van der Waals surface area contributed by atoms with Crippen LogP contribution in [0.5, 0.6) is 0 Å². The van der Waals surface area contributed by atoms with Gasteiger partial charge in [-0.25, -0.2) is 0 Å². The van der Waals surface area contributed by atoms with E-state index in [1.807, 2.05) is 0 Å². The molecule has 2 heteroatoms. The molecule has 1 aliphatic carbocycles. The highest BCUT2D eigenvalue weighted by Crippen LogP contribution is 2.35. The molecule has 16 heavy (non-hydrogen) atoms. The third-order valence-electron chi connectivity index (χ3n) is 3.71. The minimum atomic E-state index is 0.731. The van der Waals surface area contributed by atoms with Gasteiger partial charge in [-0.3, -0.25) is 0 Å². The van der Waals surface area contributed by atoms with Gasteiger partial charge in [0.25, 0.3) is 0 Å². The molecule has 0 spiro atoms. The summed E-state index contributed by atoms with van der Waals surface area (Å²) in [5, 5.41) is 1.36. The van der Waals surface area contributed by atoms with Crippen LogP contribution in [0, 0.1) is 0 Å². The molecule has 2 aromatic rings. The average molecular weight is 214 g/mol. The van der Waals surface area contributed by atoms with Crippen molar-refractivity contribution in [2.75, 3.05) is 6.54 Å². The van der Waals surface area contributed by atoms with E-state index in [1.165, 1.54) is 35.7 Å². The van der Waals surface area contributed by atoms with Gasteiger partial charge in [-0.05, 0) is 49.2 Å². The lowest BCUT2D eigenvalue weighted by atomic mass is 9.92. The van der Waals surface area contributed by atoms with Gasteiger partial charge in [0.1, 0.15) is 0 Å². The van der Waals surface area contributed by atoms with Gasteiger partial charge in [0.15, 0.2) is 0 Å². The summed E-state index contributed by atoms with van der Waals surface area (Å²) in [5.41, 5.74) is 8.50. The standard InChI is InChI=1S/C14H18N2/c15-9-7-11-3-1-4-12-8-10-16(14(11)12)13-5-2-6-13/h1,3-4,8,10,13H,2,5-7,9,15H2. The maximum atomic E-state index is 5.68. The number of hydrogen-bond donors (Lipinski definition) is 1. The van der Waals surface area contributed by atoms with Gasteiger partial charge in [0.05, 0.1) is 5.52 Å². The van der Waals surface area contributed by atoms with E-state index in [0.717, 1.165) is 19.0 Å². The first-order valence-electron chi connectivity index (χ1n) is 6.18. The van der Waals surface area contributed by atoms with Gasteiger partial charge in [0, 0.05) is 12.2 Å². The highest BCUT2D eigenvalue weighted by Gasteiger charge is 2.21. The van der Waals surface area contributed by atoms with Crippen LogP contribution in [0.25, 0.3) is 10.9 Å². The Morgan fingerprint density at radius 3 is 2.81 bits per heavy atom. The predicted molar refractivity (Wildman–Crippen MR) is 67.6 cm³/mol. The van der Waals surface area contributed by atoms with Crippen LogP contribution in [0.1, 0.15) is 30.9 Å². The van der Waals surface area contributed by atoms with Crippen LogP contribution in [0.15, 0.2) is 30.5 Å². The molecule has 0 saturated heterocycles. The first-order chi connectivity index (χ1) is 7.90. The van der Waals surface area contributed by atoms with Crippen molar-refractivity contribution in [2.24, 2.45) is 5.73 Å². The molecule has 0 amide bonds. The van der Waals surface area contributed by atoms with Gasteiger partial charge in [-0.15, -0.1) is 0 Å². The van der Waals surface area contributed by atoms with Crippen LogP contribution < -0.4 is 5.73 Å². The smallest absolute Gasteiger partial charge is 0.0515 e. The number of fused-ring (bicyclic) bond motifs is 1. The second kappa shape index (κ2) is 3.95. The molecule has 0 unspecified atom stereocenters. The van der Waals surface area contributed by atoms with E-state index >= 15 is 0 Å². The Morgan fingerprint density at radius 2 is 2.12 bits per heavy atom. The van der Waals surface area contributed by atoms with Crippen LogP contribution >= 0.6 is 0 Å². The molecule has 0 bridgehead atoms. The topological polar surface area (TPSA) is 30.9 Å². The highest BCUT2D eigenvalue weighted by molar-refractivity contribution is 5.83. The summed E-state index contributed by atoms with van der Waals surface area (Å²) in [4.78, 5) is 0. The maximum Gasteiger partial charge on any atom is 0.0515 e. The van der Waals surface area contributed by atoms with E-state index in [2.05, 4.69) is 35.0 Å². The number of rotatable bonds is 3. The molecule has 0 aliphatic heterocycles. The average Bonchev–Trinajstić information content (AvgIpc) is 2.61. The number of benzene rings is 1. The molecule has 84 valence electrons. The fourth-order valence-corrected chi connectivity index (χ4v) is 2.62. The molecule has 2 nitrogen and oxygen atoms in total. The molecular weight excluding hydrogens is 196 g/mol. The van der Waals surface area contributed by atoms with Gasteiger partial charge >= 0.3 is 0 Å². The molecule has 1 aromatic carbocycles. The van der Waals surface area contributed by atoms with Gasteiger partial charge in [-0.1, -0.05) is 18.2 Å². The Labute approximate surface area is 96.1 Å². The molecule has 2 N–H and O–H groups in total. The van der Waals surface area contributed by atoms with Crippen molar-refractivity contribution in [3.8, 4) is 0 Å². The normalized spacial score (nSPS) is 16.6. The van der Waals surface area contributed by atoms with Crippen molar-refractivity contribution in [2.45, 2.75) is 31.7 Å². The first kappa shape index (κ1) is 9.91. The Bertz CT molecular complexity index is 494. The third-order valence-corrected chi connectivity index (χ3v) is 3.71. The molecule has 1 saturated carbocycles. The van der Waals surface area contributed by atoms with Gasteiger partial charge < -0.3 is 10.3 Å². The molecular formula is C14H18N2. The summed E-state index contributed by atoms with van der Waals surface area (Å²) in [6.45, 7) is 0.731. The first-order valence-corrected chi connectivity index (χ1v) is 6.18. The van der Waals surface area contributed by atoms with E-state index < -0.39 is 0 Å². The number of para-hydroxylation sites is 1. The maximum absolute atomic E-state index is 5.68. The molecule has 1 aliphatic rings. The zero-order valence-electron chi connectivity index (χ0n) is 9.52. The van der Waals surface area contributed by atoms with Crippen LogP contribution in [0.4, 0.5) is 0 Å². The molecule has 3 rings (SSSR count). The summed E-state index contributed by atoms with van der Waals surface area (Å²) in [7, 11) is 0. The molecule has 1 fully saturated rings. The SMILES string of the molecule is NCCc1cccc2ccn(C3CCC3)c12. The summed E-state index contributed by atoms with van der Waals surface area (Å²) in [6.07, 6.45) is 7.27. The predicted octanol–water partition coefficient (Wildman–Crippen LogP) is 2.87. The minimum Gasteiger partial charge on any atom is -0.344 e. The van der Waals surface area contributed by atoms with Crippen molar-refractivity contribution in [3.05, 3.63) is 36.0 Å². The fraction of sp³-hybridized carbons (Fsp3) is 0.429. The molecule has 1 heterocycles. The Morgan fingerprint density at radius 1 is 1.25 bits per heavy atom. The Hall–Kier alpha value is -1.28. The lowest BCUT2D eigenvalue weighted by Gasteiger charge is -2.28. The fourth-order valence-electron chi connectivity index (χ4n) is 2.62. The molecule has 0 radical (unpaired) electrons. The van der Waals surface area contributed by atoms with Crippen molar-refractivity contribution in [3.63, 3.8) is 0 Å². The van der Waals surface area contributed by atoms with Crippen molar-refractivity contribution in [1.29, 1.82) is 0 Å². The monoisotopic (exact) mass is 214 g/mol. The second-order valence-corrected chi connectivity index (χ2v) is 4.70. The van der Waals surface area contributed by atoms with Crippen molar-refractivity contribution >= 4 is 10.9 Å². The number of hydrogen-bond acceptors (Lipinski definition) is 1. The molecule has 1 aromatic heterocycles. The summed E-state index contributed by atoms with van der Waals surface area (Å²) < 4.78 is 2.46. The molecule has 0 atom stereocenters. The Kier molecular flexibility index (Phi) is 2.44. The lowest BCUT2D eigenvalue weighted by Crippen LogP contribution is -2.16. The lowest BCUT2D eigenvalue weighted by molar-refractivity contribution is 0.321. The number of nitrogens with zero attached hydrogens (tertiary/aromatic N) is 1.